The molecule has 0 fully saturated rings. The maximum atomic E-state index is 11.1. The minimum Gasteiger partial charge on any atom is -0.478 e. The number of carboxylic acid groups (broad SMARTS) is 1. The fraction of sp³-hybridized carbons (Fsp3) is 0.0625. The molecule has 0 unspecified atom stereocenters. The van der Waals surface area contributed by atoms with E-state index in [9.17, 15) is 4.79 Å². The Bertz CT molecular complexity index is 841. The number of hydrogen-bond acceptors (Lipinski definition) is 3. The predicted octanol–water partition coefficient (Wildman–Crippen LogP) is 3.59. The highest BCUT2D eigenvalue weighted by Gasteiger charge is 2.11. The van der Waals surface area contributed by atoms with Crippen molar-refractivity contribution in [2.24, 2.45) is 0 Å². The number of aromatic carboxylic acids is 1. The molecule has 0 saturated heterocycles. The van der Waals surface area contributed by atoms with Crippen LogP contribution in [0.2, 0.25) is 5.02 Å². The topological polar surface area (TPSA) is 68.0 Å². The SMILES string of the molecule is Cc1ccc(-c2cn(-c3ccc(Cl)c(C(=O)O)c3)nn2)cc1. The third-order valence-electron chi connectivity index (χ3n) is 3.29. The fourth-order valence-corrected chi connectivity index (χ4v) is 2.26. The van der Waals surface area contributed by atoms with Crippen LogP contribution in [-0.4, -0.2) is 26.1 Å². The first kappa shape index (κ1) is 14.3. The number of carboxylic acids is 1. The molecule has 3 aromatic rings. The van der Waals surface area contributed by atoms with E-state index in [0.29, 0.717) is 11.4 Å². The fourth-order valence-electron chi connectivity index (χ4n) is 2.07. The molecule has 1 heterocycles. The minimum absolute atomic E-state index is 0.0338. The highest BCUT2D eigenvalue weighted by atomic mass is 35.5. The van der Waals surface area contributed by atoms with E-state index in [1.807, 2.05) is 31.2 Å². The van der Waals surface area contributed by atoms with Gasteiger partial charge in [0.1, 0.15) is 5.69 Å². The van der Waals surface area contributed by atoms with Gasteiger partial charge in [0.15, 0.2) is 0 Å². The average Bonchev–Trinajstić information content (AvgIpc) is 2.98. The second-order valence-corrected chi connectivity index (χ2v) is 5.29. The standard InChI is InChI=1S/C16H12ClN3O2/c1-10-2-4-11(5-3-10)15-9-20(19-18-15)12-6-7-14(17)13(8-12)16(21)22/h2-9H,1H3,(H,21,22). The van der Waals surface area contributed by atoms with Crippen LogP contribution in [0.4, 0.5) is 0 Å². The van der Waals surface area contributed by atoms with E-state index in [2.05, 4.69) is 10.3 Å². The predicted molar refractivity (Wildman–Crippen MR) is 83.5 cm³/mol. The van der Waals surface area contributed by atoms with Gasteiger partial charge in [-0.25, -0.2) is 9.48 Å². The van der Waals surface area contributed by atoms with Crippen molar-refractivity contribution in [3.63, 3.8) is 0 Å². The smallest absolute Gasteiger partial charge is 0.337 e. The van der Waals surface area contributed by atoms with Crippen LogP contribution < -0.4 is 0 Å². The zero-order valence-corrected chi connectivity index (χ0v) is 12.4. The maximum Gasteiger partial charge on any atom is 0.337 e. The third kappa shape index (κ3) is 2.71. The quantitative estimate of drug-likeness (QED) is 0.802. The summed E-state index contributed by atoms with van der Waals surface area (Å²) in [6.45, 7) is 2.02. The molecular formula is C16H12ClN3O2. The van der Waals surface area contributed by atoms with Crippen molar-refractivity contribution in [2.75, 3.05) is 0 Å². The van der Waals surface area contributed by atoms with Gasteiger partial charge in [-0.1, -0.05) is 46.6 Å². The number of carbonyl (C=O) groups is 1. The zero-order valence-electron chi connectivity index (χ0n) is 11.7. The van der Waals surface area contributed by atoms with Crippen LogP contribution in [0.25, 0.3) is 16.9 Å². The Labute approximate surface area is 131 Å². The van der Waals surface area contributed by atoms with E-state index in [1.165, 1.54) is 22.4 Å². The van der Waals surface area contributed by atoms with Crippen molar-refractivity contribution < 1.29 is 9.90 Å². The molecule has 110 valence electrons. The Kier molecular flexibility index (Phi) is 3.65. The number of benzene rings is 2. The Balaban J connectivity index is 1.99. The number of hydrogen-bond donors (Lipinski definition) is 1. The van der Waals surface area contributed by atoms with E-state index < -0.39 is 5.97 Å². The summed E-state index contributed by atoms with van der Waals surface area (Å²) in [4.78, 5) is 11.1. The second kappa shape index (κ2) is 5.61. The van der Waals surface area contributed by atoms with Crippen molar-refractivity contribution in [1.82, 2.24) is 15.0 Å². The molecule has 0 bridgehead atoms. The molecule has 0 spiro atoms. The molecule has 0 aliphatic carbocycles. The molecule has 2 aromatic carbocycles. The monoisotopic (exact) mass is 313 g/mol. The minimum atomic E-state index is -1.08. The summed E-state index contributed by atoms with van der Waals surface area (Å²) in [7, 11) is 0. The average molecular weight is 314 g/mol. The summed E-state index contributed by atoms with van der Waals surface area (Å²) in [6.07, 6.45) is 1.75. The summed E-state index contributed by atoms with van der Waals surface area (Å²) in [5, 5.41) is 17.5. The second-order valence-electron chi connectivity index (χ2n) is 4.88. The van der Waals surface area contributed by atoms with E-state index >= 15 is 0 Å². The lowest BCUT2D eigenvalue weighted by Gasteiger charge is -2.03. The van der Waals surface area contributed by atoms with Gasteiger partial charge in [-0.05, 0) is 25.1 Å². The molecule has 0 atom stereocenters. The van der Waals surface area contributed by atoms with Gasteiger partial charge < -0.3 is 5.11 Å². The summed E-state index contributed by atoms with van der Waals surface area (Å²) >= 11 is 5.87. The summed E-state index contributed by atoms with van der Waals surface area (Å²) in [5.74, 6) is -1.08. The Morgan fingerprint density at radius 2 is 1.91 bits per heavy atom. The van der Waals surface area contributed by atoms with E-state index in [-0.39, 0.29) is 10.6 Å². The van der Waals surface area contributed by atoms with Crippen molar-refractivity contribution in [2.45, 2.75) is 6.92 Å². The molecule has 1 aromatic heterocycles. The highest BCUT2D eigenvalue weighted by Crippen LogP contribution is 2.22. The van der Waals surface area contributed by atoms with Gasteiger partial charge in [-0.3, -0.25) is 0 Å². The first-order valence-corrected chi connectivity index (χ1v) is 6.95. The van der Waals surface area contributed by atoms with E-state index in [1.54, 1.807) is 12.3 Å². The van der Waals surface area contributed by atoms with Gasteiger partial charge in [0.2, 0.25) is 0 Å². The molecule has 0 radical (unpaired) electrons. The number of aromatic nitrogens is 3. The first-order valence-electron chi connectivity index (χ1n) is 6.57. The molecule has 5 nitrogen and oxygen atoms in total. The molecule has 22 heavy (non-hydrogen) atoms. The lowest BCUT2D eigenvalue weighted by Crippen LogP contribution is -2.01. The molecule has 3 rings (SSSR count). The van der Waals surface area contributed by atoms with Crippen LogP contribution in [0.1, 0.15) is 15.9 Å². The van der Waals surface area contributed by atoms with E-state index in [4.69, 9.17) is 16.7 Å². The van der Waals surface area contributed by atoms with Crippen LogP contribution in [0, 0.1) is 6.92 Å². The number of aryl methyl sites for hydroxylation is 1. The van der Waals surface area contributed by atoms with Crippen molar-refractivity contribution >= 4 is 17.6 Å². The number of nitrogens with zero attached hydrogens (tertiary/aromatic N) is 3. The molecular weight excluding hydrogens is 302 g/mol. The normalized spacial score (nSPS) is 10.6. The Morgan fingerprint density at radius 1 is 1.18 bits per heavy atom. The van der Waals surface area contributed by atoms with Crippen LogP contribution >= 0.6 is 11.6 Å². The summed E-state index contributed by atoms with van der Waals surface area (Å²) in [5.41, 5.74) is 3.45. The van der Waals surface area contributed by atoms with E-state index in [0.717, 1.165) is 5.56 Å². The molecule has 0 aliphatic heterocycles. The largest absolute Gasteiger partial charge is 0.478 e. The van der Waals surface area contributed by atoms with Crippen LogP contribution in [0.15, 0.2) is 48.7 Å². The molecule has 1 N–H and O–H groups in total. The lowest BCUT2D eigenvalue weighted by molar-refractivity contribution is 0.0697. The van der Waals surface area contributed by atoms with Gasteiger partial charge in [0, 0.05) is 5.56 Å². The molecule has 0 amide bonds. The van der Waals surface area contributed by atoms with Gasteiger partial charge in [-0.15, -0.1) is 5.10 Å². The first-order chi connectivity index (χ1) is 10.5. The molecule has 0 aliphatic rings. The van der Waals surface area contributed by atoms with Gasteiger partial charge >= 0.3 is 5.97 Å². The van der Waals surface area contributed by atoms with Crippen LogP contribution in [0.3, 0.4) is 0 Å². The molecule has 6 heteroatoms. The van der Waals surface area contributed by atoms with Crippen molar-refractivity contribution in [1.29, 1.82) is 0 Å². The van der Waals surface area contributed by atoms with Crippen LogP contribution in [-0.2, 0) is 0 Å². The number of rotatable bonds is 3. The van der Waals surface area contributed by atoms with Crippen molar-refractivity contribution in [3.05, 3.63) is 64.8 Å². The Hall–Kier alpha value is -2.66. The van der Waals surface area contributed by atoms with Gasteiger partial charge in [0.05, 0.1) is 22.5 Å². The number of halogens is 1. The zero-order chi connectivity index (χ0) is 15.7. The lowest BCUT2D eigenvalue weighted by atomic mass is 10.1. The summed E-state index contributed by atoms with van der Waals surface area (Å²) < 4.78 is 1.53. The third-order valence-corrected chi connectivity index (χ3v) is 3.62. The molecule has 0 saturated carbocycles. The summed E-state index contributed by atoms with van der Waals surface area (Å²) in [6, 6.07) is 12.6. The van der Waals surface area contributed by atoms with Gasteiger partial charge in [0.25, 0.3) is 0 Å². The van der Waals surface area contributed by atoms with Crippen LogP contribution in [0.5, 0.6) is 0 Å². The Morgan fingerprint density at radius 3 is 2.59 bits per heavy atom. The maximum absolute atomic E-state index is 11.1. The highest BCUT2D eigenvalue weighted by molar-refractivity contribution is 6.33. The van der Waals surface area contributed by atoms with Gasteiger partial charge in [-0.2, -0.15) is 0 Å². The van der Waals surface area contributed by atoms with Crippen molar-refractivity contribution in [3.8, 4) is 16.9 Å².